The van der Waals surface area contributed by atoms with Crippen LogP contribution < -0.4 is 9.80 Å². The van der Waals surface area contributed by atoms with E-state index in [0.29, 0.717) is 50.8 Å². The molecule has 0 unspecified atom stereocenters. The van der Waals surface area contributed by atoms with E-state index in [4.69, 9.17) is 19.7 Å². The van der Waals surface area contributed by atoms with E-state index in [2.05, 4.69) is 26.7 Å². The highest BCUT2D eigenvalue weighted by Crippen LogP contribution is 2.30. The van der Waals surface area contributed by atoms with Crippen LogP contribution in [0.15, 0.2) is 67.0 Å². The maximum absolute atomic E-state index is 11.3. The summed E-state index contributed by atoms with van der Waals surface area (Å²) in [5.41, 5.74) is 5.42. The van der Waals surface area contributed by atoms with Crippen LogP contribution in [0.3, 0.4) is 0 Å². The van der Waals surface area contributed by atoms with Crippen LogP contribution in [0.4, 0.5) is 16.3 Å². The first kappa shape index (κ1) is 25.7. The summed E-state index contributed by atoms with van der Waals surface area (Å²) in [5, 5.41) is 15.0. The Balaban J connectivity index is 1.28. The minimum atomic E-state index is -0.887. The molecule has 11 nitrogen and oxygen atoms in total. The highest BCUT2D eigenvalue weighted by Gasteiger charge is 2.23. The van der Waals surface area contributed by atoms with Crippen molar-refractivity contribution in [3.8, 4) is 23.1 Å². The SMILES string of the molecule is O=C(O)N1CCN(c2ccc(-c3c(C#Cc4ccc5ccccc5n4)nc4c(N5CCOCC5)ccnn34)cn2)CC1. The first-order valence-corrected chi connectivity index (χ1v) is 13.9. The number of amides is 1. The fourth-order valence-corrected chi connectivity index (χ4v) is 5.43. The van der Waals surface area contributed by atoms with Gasteiger partial charge in [0.25, 0.3) is 0 Å². The molecular weight excluding hydrogens is 532 g/mol. The first-order valence-electron chi connectivity index (χ1n) is 13.9. The van der Waals surface area contributed by atoms with Crippen LogP contribution >= 0.6 is 0 Å². The van der Waals surface area contributed by atoms with Crippen LogP contribution in [0.25, 0.3) is 27.8 Å². The first-order chi connectivity index (χ1) is 20.6. The largest absolute Gasteiger partial charge is 0.465 e. The summed E-state index contributed by atoms with van der Waals surface area (Å²) >= 11 is 0. The molecule has 2 aliphatic heterocycles. The Morgan fingerprint density at radius 1 is 0.857 bits per heavy atom. The van der Waals surface area contributed by atoms with Gasteiger partial charge in [0.15, 0.2) is 5.65 Å². The number of pyridine rings is 2. The van der Waals surface area contributed by atoms with Crippen LogP contribution in [-0.2, 0) is 4.74 Å². The smallest absolute Gasteiger partial charge is 0.407 e. The third kappa shape index (κ3) is 4.93. The summed E-state index contributed by atoms with van der Waals surface area (Å²) in [6, 6.07) is 17.8. The second-order valence-corrected chi connectivity index (χ2v) is 10.2. The number of rotatable bonds is 3. The molecule has 2 aliphatic rings. The quantitative estimate of drug-likeness (QED) is 0.332. The molecule has 0 radical (unpaired) electrons. The van der Waals surface area contributed by atoms with E-state index in [1.54, 1.807) is 6.20 Å². The van der Waals surface area contributed by atoms with E-state index in [9.17, 15) is 9.90 Å². The van der Waals surface area contributed by atoms with Gasteiger partial charge in [0.05, 0.1) is 30.6 Å². The number of hydrogen-bond acceptors (Lipinski definition) is 8. The molecule has 0 spiro atoms. The number of aromatic nitrogens is 5. The van der Waals surface area contributed by atoms with Crippen molar-refractivity contribution in [2.24, 2.45) is 0 Å². The van der Waals surface area contributed by atoms with Gasteiger partial charge < -0.3 is 24.5 Å². The molecule has 1 aromatic carbocycles. The second-order valence-electron chi connectivity index (χ2n) is 10.2. The van der Waals surface area contributed by atoms with Crippen molar-refractivity contribution in [3.63, 3.8) is 0 Å². The van der Waals surface area contributed by atoms with Crippen LogP contribution in [0.5, 0.6) is 0 Å². The van der Waals surface area contributed by atoms with Crippen molar-refractivity contribution in [1.29, 1.82) is 0 Å². The van der Waals surface area contributed by atoms with Crippen molar-refractivity contribution >= 4 is 34.1 Å². The molecule has 7 rings (SSSR count). The highest BCUT2D eigenvalue weighted by atomic mass is 16.5. The molecule has 0 saturated carbocycles. The molecule has 2 saturated heterocycles. The second kappa shape index (κ2) is 11.0. The topological polar surface area (TPSA) is 112 Å². The van der Waals surface area contributed by atoms with E-state index in [1.165, 1.54) is 4.90 Å². The van der Waals surface area contributed by atoms with Gasteiger partial charge in [0.2, 0.25) is 0 Å². The van der Waals surface area contributed by atoms with E-state index in [0.717, 1.165) is 52.4 Å². The fraction of sp³-hybridized carbons (Fsp3) is 0.258. The molecule has 1 N–H and O–H groups in total. The lowest BCUT2D eigenvalue weighted by Gasteiger charge is -2.33. The van der Waals surface area contributed by atoms with Crippen molar-refractivity contribution in [1.82, 2.24) is 29.5 Å². The van der Waals surface area contributed by atoms with Crippen LogP contribution in [-0.4, -0.2) is 93.1 Å². The molecule has 4 aromatic heterocycles. The van der Waals surface area contributed by atoms with E-state index >= 15 is 0 Å². The number of piperazine rings is 1. The molecule has 0 aliphatic carbocycles. The zero-order valence-corrected chi connectivity index (χ0v) is 22.8. The number of hydrogen-bond donors (Lipinski definition) is 1. The maximum Gasteiger partial charge on any atom is 0.407 e. The standard InChI is InChI=1S/C31H28N8O3/c40-31(41)38-15-13-37(14-16-38)28-10-6-23(21-32-28)29-26(9-8-24-7-5-22-3-1-2-4-25(22)34-24)35-30-27(11-12-33-39(29)30)36-17-19-42-20-18-36/h1-7,10-12,21H,13-20H2,(H,40,41). The Labute approximate surface area is 242 Å². The number of fused-ring (bicyclic) bond motifs is 2. The third-order valence-electron chi connectivity index (χ3n) is 7.65. The maximum atomic E-state index is 11.3. The molecule has 11 heteroatoms. The lowest BCUT2D eigenvalue weighted by Crippen LogP contribution is -2.48. The molecule has 5 aromatic rings. The van der Waals surface area contributed by atoms with Crippen molar-refractivity contribution in [3.05, 3.63) is 78.4 Å². The predicted molar refractivity (Wildman–Crippen MR) is 159 cm³/mol. The Kier molecular flexibility index (Phi) is 6.73. The number of benzene rings is 1. The number of morpholine rings is 1. The molecule has 0 atom stereocenters. The van der Waals surface area contributed by atoms with Crippen molar-refractivity contribution in [2.75, 3.05) is 62.3 Å². The average molecular weight is 561 g/mol. The zero-order valence-electron chi connectivity index (χ0n) is 22.8. The molecule has 210 valence electrons. The third-order valence-corrected chi connectivity index (χ3v) is 7.65. The van der Waals surface area contributed by atoms with Gasteiger partial charge in [0, 0.05) is 56.4 Å². The summed E-state index contributed by atoms with van der Waals surface area (Å²) in [6.07, 6.45) is 2.71. The van der Waals surface area contributed by atoms with Crippen molar-refractivity contribution < 1.29 is 14.6 Å². The molecule has 42 heavy (non-hydrogen) atoms. The Morgan fingerprint density at radius 2 is 1.69 bits per heavy atom. The number of nitrogens with zero attached hydrogens (tertiary/aromatic N) is 8. The number of ether oxygens (including phenoxy) is 1. The van der Waals surface area contributed by atoms with Gasteiger partial charge in [0.1, 0.15) is 22.9 Å². The van der Waals surface area contributed by atoms with Gasteiger partial charge in [-0.2, -0.15) is 5.10 Å². The molecule has 2 fully saturated rings. The van der Waals surface area contributed by atoms with Gasteiger partial charge >= 0.3 is 6.09 Å². The van der Waals surface area contributed by atoms with Crippen LogP contribution in [0.2, 0.25) is 0 Å². The normalized spacial score (nSPS) is 15.6. The lowest BCUT2D eigenvalue weighted by molar-refractivity contribution is 0.123. The Morgan fingerprint density at radius 3 is 2.48 bits per heavy atom. The molecule has 0 bridgehead atoms. The zero-order chi connectivity index (χ0) is 28.5. The van der Waals surface area contributed by atoms with Gasteiger partial charge in [-0.15, -0.1) is 0 Å². The summed E-state index contributed by atoms with van der Waals surface area (Å²) in [5.74, 6) is 7.30. The lowest BCUT2D eigenvalue weighted by atomic mass is 10.1. The Bertz CT molecular complexity index is 1830. The van der Waals surface area contributed by atoms with Gasteiger partial charge in [-0.25, -0.2) is 24.3 Å². The van der Waals surface area contributed by atoms with E-state index in [1.807, 2.05) is 65.3 Å². The van der Waals surface area contributed by atoms with Crippen LogP contribution in [0.1, 0.15) is 11.4 Å². The monoisotopic (exact) mass is 560 g/mol. The Hall–Kier alpha value is -5.21. The number of carboxylic acid groups (broad SMARTS) is 1. The molecule has 6 heterocycles. The number of imidazole rings is 1. The fourth-order valence-electron chi connectivity index (χ4n) is 5.43. The molecule has 1 amide bonds. The number of anilines is 2. The summed E-state index contributed by atoms with van der Waals surface area (Å²) < 4.78 is 7.41. The number of para-hydroxylation sites is 1. The van der Waals surface area contributed by atoms with Crippen molar-refractivity contribution in [2.45, 2.75) is 0 Å². The predicted octanol–water partition coefficient (Wildman–Crippen LogP) is 3.38. The van der Waals surface area contributed by atoms with Gasteiger partial charge in [-0.3, -0.25) is 0 Å². The summed E-state index contributed by atoms with van der Waals surface area (Å²) in [7, 11) is 0. The summed E-state index contributed by atoms with van der Waals surface area (Å²) in [4.78, 5) is 31.5. The average Bonchev–Trinajstić information content (AvgIpc) is 3.43. The van der Waals surface area contributed by atoms with Gasteiger partial charge in [-0.05, 0) is 42.2 Å². The van der Waals surface area contributed by atoms with Gasteiger partial charge in [-0.1, -0.05) is 24.3 Å². The number of carbonyl (C=O) groups is 1. The van der Waals surface area contributed by atoms with Crippen LogP contribution in [0, 0.1) is 11.8 Å². The minimum Gasteiger partial charge on any atom is -0.465 e. The molecular formula is C31H28N8O3. The highest BCUT2D eigenvalue weighted by molar-refractivity contribution is 5.80. The van der Waals surface area contributed by atoms with E-state index in [-0.39, 0.29) is 0 Å². The minimum absolute atomic E-state index is 0.447. The van der Waals surface area contributed by atoms with E-state index < -0.39 is 6.09 Å². The summed E-state index contributed by atoms with van der Waals surface area (Å²) in [6.45, 7) is 4.95.